The second-order valence-corrected chi connectivity index (χ2v) is 4.43. The van der Waals surface area contributed by atoms with Crippen molar-refractivity contribution >= 4 is 11.7 Å². The van der Waals surface area contributed by atoms with Crippen molar-refractivity contribution in [2.75, 3.05) is 13.2 Å². The third-order valence-corrected chi connectivity index (χ3v) is 3.12. The Hall–Kier alpha value is -0.900. The Bertz CT molecular complexity index is 285. The van der Waals surface area contributed by atoms with Gasteiger partial charge >= 0.3 is 0 Å². The summed E-state index contributed by atoms with van der Waals surface area (Å²) in [5.74, 6) is -0.582. The first-order chi connectivity index (χ1) is 6.52. The maximum Gasteiger partial charge on any atom is 0.290 e. The zero-order chi connectivity index (χ0) is 10.3. The Balaban J connectivity index is 2.16. The molecule has 4 heteroatoms. The fraction of sp³-hybridized carbons (Fsp3) is 0.800. The van der Waals surface area contributed by atoms with Crippen LogP contribution in [0.4, 0.5) is 0 Å². The minimum absolute atomic E-state index is 0.0708. The van der Waals surface area contributed by atoms with Crippen LogP contribution in [-0.4, -0.2) is 41.4 Å². The van der Waals surface area contributed by atoms with E-state index in [-0.39, 0.29) is 23.3 Å². The molecule has 0 aromatic heterocycles. The average molecular weight is 197 g/mol. The van der Waals surface area contributed by atoms with Gasteiger partial charge < -0.3 is 9.64 Å². The van der Waals surface area contributed by atoms with E-state index in [1.807, 2.05) is 13.8 Å². The predicted molar refractivity (Wildman–Crippen MR) is 49.8 cm³/mol. The van der Waals surface area contributed by atoms with Crippen molar-refractivity contribution in [2.24, 2.45) is 0 Å². The molecule has 0 bridgehead atoms. The van der Waals surface area contributed by atoms with Gasteiger partial charge in [0.15, 0.2) is 0 Å². The van der Waals surface area contributed by atoms with Crippen LogP contribution in [0, 0.1) is 0 Å². The molecule has 0 N–H and O–H groups in total. The van der Waals surface area contributed by atoms with Crippen LogP contribution >= 0.6 is 0 Å². The molecule has 78 valence electrons. The highest BCUT2D eigenvalue weighted by atomic mass is 16.5. The van der Waals surface area contributed by atoms with Gasteiger partial charge in [0.2, 0.25) is 5.78 Å². The fourth-order valence-corrected chi connectivity index (χ4v) is 2.30. The first kappa shape index (κ1) is 9.65. The minimum atomic E-state index is -0.325. The number of nitrogens with zero attached hydrogens (tertiary/aromatic N) is 1. The van der Waals surface area contributed by atoms with Gasteiger partial charge in [-0.3, -0.25) is 9.59 Å². The summed E-state index contributed by atoms with van der Waals surface area (Å²) < 4.78 is 5.54. The first-order valence-corrected chi connectivity index (χ1v) is 5.00. The summed E-state index contributed by atoms with van der Waals surface area (Å²) >= 11 is 0. The maximum absolute atomic E-state index is 11.5. The quantitative estimate of drug-likeness (QED) is 0.570. The highest BCUT2D eigenvalue weighted by Crippen LogP contribution is 2.31. The van der Waals surface area contributed by atoms with Gasteiger partial charge in [-0.1, -0.05) is 0 Å². The Labute approximate surface area is 83.2 Å². The van der Waals surface area contributed by atoms with Gasteiger partial charge in [0, 0.05) is 19.6 Å². The Kier molecular flexibility index (Phi) is 2.10. The molecule has 0 aromatic rings. The van der Waals surface area contributed by atoms with Crippen LogP contribution in [0.3, 0.4) is 0 Å². The summed E-state index contributed by atoms with van der Waals surface area (Å²) in [6, 6.07) is 0.0708. The molecule has 0 aliphatic carbocycles. The number of amides is 1. The minimum Gasteiger partial charge on any atom is -0.373 e. The van der Waals surface area contributed by atoms with E-state index in [9.17, 15) is 9.59 Å². The molecule has 2 saturated heterocycles. The molecule has 4 nitrogen and oxygen atoms in total. The van der Waals surface area contributed by atoms with Crippen LogP contribution in [0.25, 0.3) is 0 Å². The van der Waals surface area contributed by atoms with Crippen molar-refractivity contribution in [3.05, 3.63) is 0 Å². The Morgan fingerprint density at radius 2 is 2.14 bits per heavy atom. The van der Waals surface area contributed by atoms with Crippen LogP contribution in [-0.2, 0) is 14.3 Å². The molecular weight excluding hydrogens is 182 g/mol. The molecule has 0 saturated carbocycles. The highest BCUT2D eigenvalue weighted by molar-refractivity contribution is 6.37. The molecular formula is C10H15NO3. The summed E-state index contributed by atoms with van der Waals surface area (Å²) in [6.07, 6.45) is 1.21. The first-order valence-electron chi connectivity index (χ1n) is 5.00. The Morgan fingerprint density at radius 3 is 2.57 bits per heavy atom. The molecule has 1 atom stereocenters. The predicted octanol–water partition coefficient (Wildman–Crippen LogP) is 0.355. The number of likely N-dealkylation sites (tertiary alicyclic amines) is 1. The summed E-state index contributed by atoms with van der Waals surface area (Å²) in [6.45, 7) is 5.19. The number of ketones is 1. The van der Waals surface area contributed by atoms with E-state index < -0.39 is 0 Å². The number of ether oxygens (including phenoxy) is 1. The lowest BCUT2D eigenvalue weighted by atomic mass is 9.98. The lowest BCUT2D eigenvalue weighted by molar-refractivity contribution is -0.142. The molecule has 2 fully saturated rings. The van der Waals surface area contributed by atoms with E-state index in [0.29, 0.717) is 19.6 Å². The third-order valence-electron chi connectivity index (χ3n) is 3.12. The summed E-state index contributed by atoms with van der Waals surface area (Å²) in [5, 5.41) is 0. The smallest absolute Gasteiger partial charge is 0.290 e. The number of hydrogen-bond acceptors (Lipinski definition) is 3. The van der Waals surface area contributed by atoms with Gasteiger partial charge in [0.05, 0.1) is 11.6 Å². The van der Waals surface area contributed by atoms with Crippen LogP contribution in [0.1, 0.15) is 26.7 Å². The molecule has 0 spiro atoms. The van der Waals surface area contributed by atoms with Gasteiger partial charge in [-0.15, -0.1) is 0 Å². The second kappa shape index (κ2) is 3.05. The molecule has 1 unspecified atom stereocenters. The molecule has 0 radical (unpaired) electrons. The normalized spacial score (nSPS) is 31.6. The lowest BCUT2D eigenvalue weighted by Gasteiger charge is -2.32. The monoisotopic (exact) mass is 197 g/mol. The maximum atomic E-state index is 11.5. The van der Waals surface area contributed by atoms with Crippen LogP contribution in [0.5, 0.6) is 0 Å². The van der Waals surface area contributed by atoms with Crippen LogP contribution in [0.15, 0.2) is 0 Å². The number of hydrogen-bond donors (Lipinski definition) is 0. The molecule has 2 aliphatic heterocycles. The fourth-order valence-electron chi connectivity index (χ4n) is 2.30. The zero-order valence-corrected chi connectivity index (χ0v) is 8.58. The molecule has 2 rings (SSSR count). The van der Waals surface area contributed by atoms with E-state index in [4.69, 9.17) is 4.74 Å². The topological polar surface area (TPSA) is 46.6 Å². The number of carbonyl (C=O) groups excluding carboxylic acids is 2. The molecule has 2 heterocycles. The molecule has 0 aromatic carbocycles. The molecule has 14 heavy (non-hydrogen) atoms. The van der Waals surface area contributed by atoms with Crippen LogP contribution < -0.4 is 0 Å². The standard InChI is InChI=1S/C10H15NO3/c1-10(2)8(4-6-14-10)11-5-3-7(12)9(11)13/h8H,3-6H2,1-2H3. The third kappa shape index (κ3) is 1.34. The van der Waals surface area contributed by atoms with Gasteiger partial charge in [-0.05, 0) is 20.3 Å². The number of carbonyl (C=O) groups is 2. The van der Waals surface area contributed by atoms with Crippen molar-refractivity contribution in [2.45, 2.75) is 38.3 Å². The van der Waals surface area contributed by atoms with E-state index in [0.717, 1.165) is 6.42 Å². The van der Waals surface area contributed by atoms with Crippen molar-refractivity contribution in [3.8, 4) is 0 Å². The summed E-state index contributed by atoms with van der Waals surface area (Å²) in [4.78, 5) is 24.3. The lowest BCUT2D eigenvalue weighted by Crippen LogP contribution is -2.47. The highest BCUT2D eigenvalue weighted by Gasteiger charge is 2.45. The second-order valence-electron chi connectivity index (χ2n) is 4.43. The van der Waals surface area contributed by atoms with E-state index in [1.165, 1.54) is 0 Å². The van der Waals surface area contributed by atoms with Crippen molar-refractivity contribution in [1.82, 2.24) is 4.90 Å². The molecule has 2 aliphatic rings. The summed E-state index contributed by atoms with van der Waals surface area (Å²) in [5.41, 5.74) is -0.305. The van der Waals surface area contributed by atoms with Crippen molar-refractivity contribution in [3.63, 3.8) is 0 Å². The van der Waals surface area contributed by atoms with Gasteiger partial charge in [0.1, 0.15) is 0 Å². The number of Topliss-reactive ketones (excluding diaryl/α,β-unsaturated/α-hetero) is 1. The Morgan fingerprint density at radius 1 is 1.43 bits per heavy atom. The zero-order valence-electron chi connectivity index (χ0n) is 8.58. The molecule has 1 amide bonds. The number of rotatable bonds is 1. The SMILES string of the molecule is CC1(C)OCCC1N1CCC(=O)C1=O. The van der Waals surface area contributed by atoms with Gasteiger partial charge in [0.25, 0.3) is 5.91 Å². The largest absolute Gasteiger partial charge is 0.373 e. The summed E-state index contributed by atoms with van der Waals surface area (Å²) in [7, 11) is 0. The van der Waals surface area contributed by atoms with E-state index in [2.05, 4.69) is 0 Å². The van der Waals surface area contributed by atoms with E-state index in [1.54, 1.807) is 4.90 Å². The van der Waals surface area contributed by atoms with Crippen LogP contribution in [0.2, 0.25) is 0 Å². The average Bonchev–Trinajstić information content (AvgIpc) is 2.59. The van der Waals surface area contributed by atoms with Crippen molar-refractivity contribution in [1.29, 1.82) is 0 Å². The van der Waals surface area contributed by atoms with Gasteiger partial charge in [-0.2, -0.15) is 0 Å². The van der Waals surface area contributed by atoms with Crippen molar-refractivity contribution < 1.29 is 14.3 Å². The van der Waals surface area contributed by atoms with E-state index >= 15 is 0 Å². The van der Waals surface area contributed by atoms with Gasteiger partial charge in [-0.25, -0.2) is 0 Å².